The van der Waals surface area contributed by atoms with E-state index in [-0.39, 0.29) is 24.7 Å². The molecule has 1 unspecified atom stereocenters. The van der Waals surface area contributed by atoms with Gasteiger partial charge in [-0.1, -0.05) is 20.8 Å². The number of rotatable bonds is 7. The zero-order valence-corrected chi connectivity index (χ0v) is 12.1. The summed E-state index contributed by atoms with van der Waals surface area (Å²) in [6.45, 7) is 10.0. The molecule has 1 N–H and O–H groups in total. The normalized spacial score (nSPS) is 25.4. The molecular weight excluding hydrogens is 230 g/mol. The fourth-order valence-corrected chi connectivity index (χ4v) is 2.24. The molecule has 4 nitrogen and oxygen atoms in total. The number of ether oxygens (including phenoxy) is 2. The van der Waals surface area contributed by atoms with Crippen molar-refractivity contribution >= 4 is 5.91 Å². The van der Waals surface area contributed by atoms with Crippen molar-refractivity contribution < 1.29 is 14.3 Å². The fourth-order valence-electron chi connectivity index (χ4n) is 2.24. The van der Waals surface area contributed by atoms with Crippen LogP contribution in [-0.4, -0.2) is 37.9 Å². The van der Waals surface area contributed by atoms with Crippen LogP contribution in [0.25, 0.3) is 0 Å². The Morgan fingerprint density at radius 1 is 1.44 bits per heavy atom. The minimum Gasteiger partial charge on any atom is -0.378 e. The lowest BCUT2D eigenvalue weighted by atomic mass is 9.93. The van der Waals surface area contributed by atoms with Gasteiger partial charge in [0.25, 0.3) is 0 Å². The van der Waals surface area contributed by atoms with Gasteiger partial charge in [-0.25, -0.2) is 0 Å². The number of hydrogen-bond donors (Lipinski definition) is 1. The van der Waals surface area contributed by atoms with Crippen molar-refractivity contribution in [3.63, 3.8) is 0 Å². The standard InChI is InChI=1S/C14H27NO3/c1-5-11(4)18-9-13(16)15-8-12-6-7-17-14(12)10(2)3/h10-12,14H,5-9H2,1-4H3,(H,15,16)/t11?,12-,14-/m1/s1. The van der Waals surface area contributed by atoms with Gasteiger partial charge in [-0.15, -0.1) is 0 Å². The largest absolute Gasteiger partial charge is 0.378 e. The summed E-state index contributed by atoms with van der Waals surface area (Å²) in [4.78, 5) is 11.6. The molecule has 0 aromatic carbocycles. The first-order chi connectivity index (χ1) is 8.54. The van der Waals surface area contributed by atoms with E-state index < -0.39 is 0 Å². The Morgan fingerprint density at radius 3 is 2.78 bits per heavy atom. The third-order valence-electron chi connectivity index (χ3n) is 3.56. The Balaban J connectivity index is 2.21. The molecule has 1 aliphatic heterocycles. The van der Waals surface area contributed by atoms with Crippen molar-refractivity contribution in [1.29, 1.82) is 0 Å². The number of amides is 1. The summed E-state index contributed by atoms with van der Waals surface area (Å²) in [5.74, 6) is 0.924. The number of carbonyl (C=O) groups is 1. The van der Waals surface area contributed by atoms with Gasteiger partial charge in [-0.05, 0) is 25.7 Å². The van der Waals surface area contributed by atoms with E-state index >= 15 is 0 Å². The van der Waals surface area contributed by atoms with Gasteiger partial charge in [-0.3, -0.25) is 4.79 Å². The Bertz CT molecular complexity index is 255. The molecule has 0 radical (unpaired) electrons. The van der Waals surface area contributed by atoms with Crippen molar-refractivity contribution in [3.8, 4) is 0 Å². The van der Waals surface area contributed by atoms with E-state index in [2.05, 4.69) is 19.2 Å². The van der Waals surface area contributed by atoms with Crippen molar-refractivity contribution in [3.05, 3.63) is 0 Å². The van der Waals surface area contributed by atoms with Crippen molar-refractivity contribution in [2.45, 2.75) is 52.7 Å². The average molecular weight is 257 g/mol. The lowest BCUT2D eigenvalue weighted by Gasteiger charge is -2.22. The molecule has 1 rings (SSSR count). The molecule has 0 spiro atoms. The first-order valence-corrected chi connectivity index (χ1v) is 7.04. The Morgan fingerprint density at radius 2 is 2.17 bits per heavy atom. The average Bonchev–Trinajstić information content (AvgIpc) is 2.81. The van der Waals surface area contributed by atoms with E-state index in [1.54, 1.807) is 0 Å². The quantitative estimate of drug-likeness (QED) is 0.758. The van der Waals surface area contributed by atoms with Gasteiger partial charge >= 0.3 is 0 Å². The lowest BCUT2D eigenvalue weighted by molar-refractivity contribution is -0.127. The molecule has 106 valence electrons. The minimum absolute atomic E-state index is 0.0234. The molecule has 1 amide bonds. The summed E-state index contributed by atoms with van der Waals surface area (Å²) < 4.78 is 11.1. The van der Waals surface area contributed by atoms with Crippen LogP contribution in [-0.2, 0) is 14.3 Å². The molecule has 0 aromatic heterocycles. The fraction of sp³-hybridized carbons (Fsp3) is 0.929. The van der Waals surface area contributed by atoms with Gasteiger partial charge in [0.15, 0.2) is 0 Å². The molecule has 1 aliphatic rings. The highest BCUT2D eigenvalue weighted by Gasteiger charge is 2.30. The summed E-state index contributed by atoms with van der Waals surface area (Å²) in [7, 11) is 0. The second-order valence-corrected chi connectivity index (χ2v) is 5.46. The zero-order chi connectivity index (χ0) is 13.5. The molecule has 4 heteroatoms. The number of nitrogens with one attached hydrogen (secondary N) is 1. The molecular formula is C14H27NO3. The Hall–Kier alpha value is -0.610. The van der Waals surface area contributed by atoms with Crippen LogP contribution in [0.1, 0.15) is 40.5 Å². The zero-order valence-electron chi connectivity index (χ0n) is 12.1. The van der Waals surface area contributed by atoms with Crippen LogP contribution in [0.2, 0.25) is 0 Å². The summed E-state index contributed by atoms with van der Waals surface area (Å²) in [5.41, 5.74) is 0. The van der Waals surface area contributed by atoms with Crippen LogP contribution >= 0.6 is 0 Å². The van der Waals surface area contributed by atoms with Crippen LogP contribution in [0, 0.1) is 11.8 Å². The summed E-state index contributed by atoms with van der Waals surface area (Å²) in [5, 5.41) is 2.94. The molecule has 1 fully saturated rings. The predicted octanol–water partition coefficient (Wildman–Crippen LogP) is 1.98. The second kappa shape index (κ2) is 7.74. The van der Waals surface area contributed by atoms with Gasteiger partial charge in [-0.2, -0.15) is 0 Å². The maximum atomic E-state index is 11.6. The monoisotopic (exact) mass is 257 g/mol. The maximum absolute atomic E-state index is 11.6. The summed E-state index contributed by atoms with van der Waals surface area (Å²) in [6.07, 6.45) is 2.39. The van der Waals surface area contributed by atoms with E-state index in [0.717, 1.165) is 19.4 Å². The molecule has 1 saturated heterocycles. The highest BCUT2D eigenvalue weighted by Crippen LogP contribution is 2.25. The molecule has 0 saturated carbocycles. The molecule has 0 bridgehead atoms. The van der Waals surface area contributed by atoms with Crippen molar-refractivity contribution in [2.24, 2.45) is 11.8 Å². The molecule has 0 aromatic rings. The van der Waals surface area contributed by atoms with Crippen molar-refractivity contribution in [1.82, 2.24) is 5.32 Å². The molecule has 1 heterocycles. The van der Waals surface area contributed by atoms with Gasteiger partial charge in [0, 0.05) is 19.1 Å². The van der Waals surface area contributed by atoms with Crippen LogP contribution in [0.4, 0.5) is 0 Å². The van der Waals surface area contributed by atoms with Gasteiger partial charge in [0.05, 0.1) is 12.2 Å². The molecule has 3 atom stereocenters. The maximum Gasteiger partial charge on any atom is 0.246 e. The third kappa shape index (κ3) is 4.94. The van der Waals surface area contributed by atoms with Gasteiger partial charge in [0.1, 0.15) is 6.61 Å². The van der Waals surface area contributed by atoms with Gasteiger partial charge in [0.2, 0.25) is 5.91 Å². The first kappa shape index (κ1) is 15.4. The molecule has 0 aliphatic carbocycles. The van der Waals surface area contributed by atoms with E-state index in [1.807, 2.05) is 13.8 Å². The Labute approximate surface area is 110 Å². The van der Waals surface area contributed by atoms with Crippen LogP contribution in [0.15, 0.2) is 0 Å². The SMILES string of the molecule is CCC(C)OCC(=O)NC[C@H]1CCO[C@@H]1C(C)C. The second-order valence-electron chi connectivity index (χ2n) is 5.46. The molecule has 18 heavy (non-hydrogen) atoms. The Kier molecular flexibility index (Phi) is 6.65. The van der Waals surface area contributed by atoms with E-state index in [0.29, 0.717) is 18.4 Å². The minimum atomic E-state index is -0.0234. The van der Waals surface area contributed by atoms with Gasteiger partial charge < -0.3 is 14.8 Å². The smallest absolute Gasteiger partial charge is 0.246 e. The van der Waals surface area contributed by atoms with Crippen LogP contribution in [0.3, 0.4) is 0 Å². The summed E-state index contributed by atoms with van der Waals surface area (Å²) >= 11 is 0. The predicted molar refractivity (Wildman–Crippen MR) is 71.4 cm³/mol. The number of carbonyl (C=O) groups excluding carboxylic acids is 1. The van der Waals surface area contributed by atoms with E-state index in [1.165, 1.54) is 0 Å². The van der Waals surface area contributed by atoms with E-state index in [9.17, 15) is 4.79 Å². The van der Waals surface area contributed by atoms with Crippen molar-refractivity contribution in [2.75, 3.05) is 19.8 Å². The highest BCUT2D eigenvalue weighted by atomic mass is 16.5. The third-order valence-corrected chi connectivity index (χ3v) is 3.56. The first-order valence-electron chi connectivity index (χ1n) is 7.04. The van der Waals surface area contributed by atoms with E-state index in [4.69, 9.17) is 9.47 Å². The van der Waals surface area contributed by atoms with Crippen LogP contribution in [0.5, 0.6) is 0 Å². The highest BCUT2D eigenvalue weighted by molar-refractivity contribution is 5.77. The lowest BCUT2D eigenvalue weighted by Crippen LogP contribution is -2.37. The summed E-state index contributed by atoms with van der Waals surface area (Å²) in [6, 6.07) is 0. The van der Waals surface area contributed by atoms with Crippen LogP contribution < -0.4 is 5.32 Å². The topological polar surface area (TPSA) is 47.6 Å². The number of hydrogen-bond acceptors (Lipinski definition) is 3.